The SMILES string of the molecule is NNc1ncc(F)c(NCc2cscn2)n1. The highest BCUT2D eigenvalue weighted by molar-refractivity contribution is 7.07. The van der Waals surface area contributed by atoms with Crippen LogP contribution in [0, 0.1) is 5.82 Å². The number of anilines is 2. The van der Waals surface area contributed by atoms with Gasteiger partial charge in [0.2, 0.25) is 5.95 Å². The topological polar surface area (TPSA) is 88.8 Å². The minimum atomic E-state index is -0.533. The van der Waals surface area contributed by atoms with Gasteiger partial charge >= 0.3 is 0 Å². The van der Waals surface area contributed by atoms with Crippen LogP contribution in [0.5, 0.6) is 0 Å². The lowest BCUT2D eigenvalue weighted by Crippen LogP contribution is -2.13. The van der Waals surface area contributed by atoms with Crippen LogP contribution < -0.4 is 16.6 Å². The van der Waals surface area contributed by atoms with Gasteiger partial charge in [0.05, 0.1) is 23.9 Å². The van der Waals surface area contributed by atoms with Crippen molar-refractivity contribution in [3.63, 3.8) is 0 Å². The van der Waals surface area contributed by atoms with E-state index in [2.05, 4.69) is 25.7 Å². The standard InChI is InChI=1S/C8H9FN6S/c9-6-2-12-8(15-10)14-7(6)11-1-5-3-16-4-13-5/h2-4H,1,10H2,(H2,11,12,14,15). The first-order valence-electron chi connectivity index (χ1n) is 4.39. The summed E-state index contributed by atoms with van der Waals surface area (Å²) < 4.78 is 13.3. The van der Waals surface area contributed by atoms with E-state index >= 15 is 0 Å². The van der Waals surface area contributed by atoms with Crippen molar-refractivity contribution in [2.75, 3.05) is 10.7 Å². The maximum Gasteiger partial charge on any atom is 0.239 e. The van der Waals surface area contributed by atoms with Gasteiger partial charge in [-0.3, -0.25) is 5.43 Å². The first-order valence-corrected chi connectivity index (χ1v) is 5.34. The van der Waals surface area contributed by atoms with Crippen molar-refractivity contribution in [1.29, 1.82) is 0 Å². The quantitative estimate of drug-likeness (QED) is 0.545. The summed E-state index contributed by atoms with van der Waals surface area (Å²) in [7, 11) is 0. The van der Waals surface area contributed by atoms with Gasteiger partial charge < -0.3 is 5.32 Å². The highest BCUT2D eigenvalue weighted by Crippen LogP contribution is 2.12. The molecule has 84 valence electrons. The van der Waals surface area contributed by atoms with Crippen LogP contribution in [0.15, 0.2) is 17.1 Å². The lowest BCUT2D eigenvalue weighted by Gasteiger charge is -2.05. The van der Waals surface area contributed by atoms with Gasteiger partial charge in [-0.15, -0.1) is 11.3 Å². The first-order chi connectivity index (χ1) is 7.79. The van der Waals surface area contributed by atoms with Gasteiger partial charge in [-0.25, -0.2) is 20.2 Å². The summed E-state index contributed by atoms with van der Waals surface area (Å²) in [6.07, 6.45) is 1.05. The first kappa shape index (κ1) is 10.7. The second kappa shape index (κ2) is 4.81. The van der Waals surface area contributed by atoms with Crippen LogP contribution in [0.4, 0.5) is 16.2 Å². The van der Waals surface area contributed by atoms with Crippen molar-refractivity contribution in [2.24, 2.45) is 5.84 Å². The molecule has 2 aromatic heterocycles. The van der Waals surface area contributed by atoms with Gasteiger partial charge in [-0.2, -0.15) is 4.98 Å². The fourth-order valence-electron chi connectivity index (χ4n) is 1.06. The highest BCUT2D eigenvalue weighted by Gasteiger charge is 2.06. The number of nitrogen functional groups attached to an aromatic ring is 1. The number of thiazole rings is 1. The Morgan fingerprint density at radius 2 is 2.31 bits per heavy atom. The Morgan fingerprint density at radius 1 is 1.44 bits per heavy atom. The van der Waals surface area contributed by atoms with E-state index in [0.717, 1.165) is 11.9 Å². The predicted octanol–water partition coefficient (Wildman–Crippen LogP) is 0.970. The molecule has 0 bridgehead atoms. The maximum atomic E-state index is 13.3. The van der Waals surface area contributed by atoms with Crippen molar-refractivity contribution in [1.82, 2.24) is 15.0 Å². The third-order valence-electron chi connectivity index (χ3n) is 1.79. The lowest BCUT2D eigenvalue weighted by molar-refractivity contribution is 0.617. The maximum absolute atomic E-state index is 13.3. The summed E-state index contributed by atoms with van der Waals surface area (Å²) in [6, 6.07) is 0. The zero-order valence-corrected chi connectivity index (χ0v) is 8.96. The molecule has 0 saturated carbocycles. The number of rotatable bonds is 4. The molecule has 0 aliphatic carbocycles. The summed E-state index contributed by atoms with van der Waals surface area (Å²) in [5.41, 5.74) is 4.78. The van der Waals surface area contributed by atoms with Gasteiger partial charge in [0.15, 0.2) is 11.6 Å². The lowest BCUT2D eigenvalue weighted by atomic mass is 10.4. The van der Waals surface area contributed by atoms with Gasteiger partial charge in [0.25, 0.3) is 0 Å². The van der Waals surface area contributed by atoms with Crippen molar-refractivity contribution >= 4 is 23.1 Å². The third kappa shape index (κ3) is 2.41. The average Bonchev–Trinajstić information content (AvgIpc) is 2.81. The van der Waals surface area contributed by atoms with Gasteiger partial charge in [0, 0.05) is 5.38 Å². The van der Waals surface area contributed by atoms with Gasteiger partial charge in [0.1, 0.15) is 0 Å². The number of hydrogen-bond donors (Lipinski definition) is 3. The number of nitrogens with one attached hydrogen (secondary N) is 2. The Bertz CT molecular complexity index is 460. The normalized spacial score (nSPS) is 10.1. The van der Waals surface area contributed by atoms with Crippen LogP contribution in [-0.2, 0) is 6.54 Å². The highest BCUT2D eigenvalue weighted by atomic mass is 32.1. The number of nitrogens with zero attached hydrogens (tertiary/aromatic N) is 3. The fraction of sp³-hybridized carbons (Fsp3) is 0.125. The summed E-state index contributed by atoms with van der Waals surface area (Å²) in [4.78, 5) is 11.5. The van der Waals surface area contributed by atoms with E-state index < -0.39 is 5.82 Å². The van der Waals surface area contributed by atoms with E-state index in [0.29, 0.717) is 6.54 Å². The predicted molar refractivity (Wildman–Crippen MR) is 59.2 cm³/mol. The minimum absolute atomic E-state index is 0.0935. The Morgan fingerprint density at radius 3 is 3.00 bits per heavy atom. The number of hydrogen-bond acceptors (Lipinski definition) is 7. The molecule has 0 atom stereocenters. The molecule has 0 saturated heterocycles. The van der Waals surface area contributed by atoms with Gasteiger partial charge in [-0.1, -0.05) is 0 Å². The zero-order valence-electron chi connectivity index (χ0n) is 8.14. The van der Waals surface area contributed by atoms with Crippen molar-refractivity contribution < 1.29 is 4.39 Å². The van der Waals surface area contributed by atoms with Crippen molar-refractivity contribution in [3.8, 4) is 0 Å². The molecule has 0 aliphatic rings. The molecule has 6 nitrogen and oxygen atoms in total. The van der Waals surface area contributed by atoms with Gasteiger partial charge in [-0.05, 0) is 0 Å². The van der Waals surface area contributed by atoms with E-state index in [9.17, 15) is 4.39 Å². The Labute approximate surface area is 94.7 Å². The molecule has 8 heteroatoms. The van der Waals surface area contributed by atoms with E-state index in [1.807, 2.05) is 5.38 Å². The second-order valence-electron chi connectivity index (χ2n) is 2.87. The molecule has 2 aromatic rings. The van der Waals surface area contributed by atoms with Crippen molar-refractivity contribution in [3.05, 3.63) is 28.6 Å². The molecule has 0 aliphatic heterocycles. The third-order valence-corrected chi connectivity index (χ3v) is 2.43. The molecule has 0 fully saturated rings. The largest absolute Gasteiger partial charge is 0.362 e. The summed E-state index contributed by atoms with van der Waals surface area (Å²) in [6.45, 7) is 0.404. The van der Waals surface area contributed by atoms with Crippen molar-refractivity contribution in [2.45, 2.75) is 6.54 Å². The molecule has 16 heavy (non-hydrogen) atoms. The monoisotopic (exact) mass is 240 g/mol. The summed E-state index contributed by atoms with van der Waals surface area (Å²) in [5, 5.41) is 4.68. The van der Waals surface area contributed by atoms with E-state index in [4.69, 9.17) is 5.84 Å². The Balaban J connectivity index is 2.08. The summed E-state index contributed by atoms with van der Waals surface area (Å²) in [5.74, 6) is 4.84. The molecule has 0 spiro atoms. The van der Waals surface area contributed by atoms with Crippen LogP contribution in [0.3, 0.4) is 0 Å². The van der Waals surface area contributed by atoms with E-state index in [1.54, 1.807) is 5.51 Å². The zero-order chi connectivity index (χ0) is 11.4. The van der Waals surface area contributed by atoms with E-state index in [1.165, 1.54) is 11.3 Å². The number of nitrogens with two attached hydrogens (primary N) is 1. The average molecular weight is 240 g/mol. The summed E-state index contributed by atoms with van der Waals surface area (Å²) >= 11 is 1.48. The number of halogens is 1. The van der Waals surface area contributed by atoms with E-state index in [-0.39, 0.29) is 11.8 Å². The fourth-order valence-corrected chi connectivity index (χ4v) is 1.62. The second-order valence-corrected chi connectivity index (χ2v) is 3.59. The van der Waals surface area contributed by atoms with Crippen LogP contribution in [0.1, 0.15) is 5.69 Å². The Hall–Kier alpha value is -1.80. The molecular formula is C8H9FN6S. The minimum Gasteiger partial charge on any atom is -0.362 e. The van der Waals surface area contributed by atoms with Crippen LogP contribution in [-0.4, -0.2) is 15.0 Å². The van der Waals surface area contributed by atoms with Crippen LogP contribution in [0.25, 0.3) is 0 Å². The van der Waals surface area contributed by atoms with Crippen LogP contribution in [0.2, 0.25) is 0 Å². The van der Waals surface area contributed by atoms with Crippen LogP contribution >= 0.6 is 11.3 Å². The smallest absolute Gasteiger partial charge is 0.239 e. The number of hydrazine groups is 1. The molecular weight excluding hydrogens is 231 g/mol. The molecule has 2 rings (SSSR count). The molecule has 4 N–H and O–H groups in total. The molecule has 0 amide bonds. The molecule has 0 radical (unpaired) electrons. The number of aromatic nitrogens is 3. The molecule has 0 unspecified atom stereocenters. The molecule has 0 aromatic carbocycles. The molecule has 2 heterocycles. The Kier molecular flexibility index (Phi) is 3.22.